The van der Waals surface area contributed by atoms with Crippen LogP contribution in [-0.4, -0.2) is 69.5 Å². The fraction of sp³-hybridized carbons (Fsp3) is 0.897. The molecule has 7 heteroatoms. The number of rotatable bonds is 20. The second-order valence-electron chi connectivity index (χ2n) is 10.2. The van der Waals surface area contributed by atoms with E-state index < -0.39 is 0 Å². The van der Waals surface area contributed by atoms with Crippen LogP contribution < -0.4 is 0 Å². The third-order valence-electron chi connectivity index (χ3n) is 6.98. The van der Waals surface area contributed by atoms with Crippen LogP contribution in [-0.2, 0) is 28.5 Å². The molecular weight excluding hydrogens is 476 g/mol. The Balaban J connectivity index is 2.34. The molecule has 1 unspecified atom stereocenters. The SMILES string of the molecule is CCCCOC[C@H]1C[C@@H](OC2=C(C=O)SCC2C)[C@H](OCCCC)[C@@H](OCCCC)[C@@H]1OCCCC. The molecule has 1 aliphatic heterocycles. The van der Waals surface area contributed by atoms with Gasteiger partial charge in [-0.15, -0.1) is 11.8 Å². The summed E-state index contributed by atoms with van der Waals surface area (Å²) in [5.41, 5.74) is 0. The second kappa shape index (κ2) is 18.6. The Labute approximate surface area is 224 Å². The number of unbranched alkanes of at least 4 members (excludes halogenated alkanes) is 4. The summed E-state index contributed by atoms with van der Waals surface area (Å²) in [6.07, 6.45) is 9.33. The molecule has 210 valence electrons. The van der Waals surface area contributed by atoms with E-state index in [2.05, 4.69) is 34.6 Å². The molecule has 1 heterocycles. The number of thioether (sulfide) groups is 1. The molecule has 1 aliphatic carbocycles. The van der Waals surface area contributed by atoms with Gasteiger partial charge in [0.25, 0.3) is 0 Å². The van der Waals surface area contributed by atoms with Crippen LogP contribution in [0.1, 0.15) is 92.4 Å². The molecule has 0 bridgehead atoms. The summed E-state index contributed by atoms with van der Waals surface area (Å²) in [4.78, 5) is 12.5. The monoisotopic (exact) mass is 528 g/mol. The summed E-state index contributed by atoms with van der Waals surface area (Å²) in [6, 6.07) is 0. The van der Waals surface area contributed by atoms with Crippen LogP contribution >= 0.6 is 11.8 Å². The minimum atomic E-state index is -0.245. The molecule has 6 atom stereocenters. The van der Waals surface area contributed by atoms with Gasteiger partial charge in [-0.1, -0.05) is 60.3 Å². The van der Waals surface area contributed by atoms with Crippen LogP contribution in [0.2, 0.25) is 0 Å². The van der Waals surface area contributed by atoms with Gasteiger partial charge in [-0.2, -0.15) is 0 Å². The zero-order chi connectivity index (χ0) is 26.2. The predicted octanol–water partition coefficient (Wildman–Crippen LogP) is 6.56. The van der Waals surface area contributed by atoms with Crippen LogP contribution in [0.5, 0.6) is 0 Å². The maximum absolute atomic E-state index is 11.7. The molecule has 6 nitrogen and oxygen atoms in total. The summed E-state index contributed by atoms with van der Waals surface area (Å²) in [7, 11) is 0. The first kappa shape index (κ1) is 31.6. The van der Waals surface area contributed by atoms with E-state index in [1.807, 2.05) is 0 Å². The van der Waals surface area contributed by atoms with Crippen molar-refractivity contribution in [1.29, 1.82) is 0 Å². The summed E-state index contributed by atoms with van der Waals surface area (Å²) < 4.78 is 32.5. The van der Waals surface area contributed by atoms with Crippen molar-refractivity contribution in [2.45, 2.75) is 117 Å². The van der Waals surface area contributed by atoms with E-state index in [0.29, 0.717) is 26.4 Å². The molecule has 2 aliphatic rings. The van der Waals surface area contributed by atoms with Crippen molar-refractivity contribution >= 4 is 18.0 Å². The highest BCUT2D eigenvalue weighted by Gasteiger charge is 2.49. The predicted molar refractivity (Wildman–Crippen MR) is 147 cm³/mol. The van der Waals surface area contributed by atoms with Gasteiger partial charge in [-0.05, 0) is 32.1 Å². The molecule has 0 spiro atoms. The Kier molecular flexibility index (Phi) is 16.4. The maximum atomic E-state index is 11.7. The van der Waals surface area contributed by atoms with Crippen molar-refractivity contribution in [2.24, 2.45) is 11.8 Å². The maximum Gasteiger partial charge on any atom is 0.159 e. The average Bonchev–Trinajstić information content (AvgIpc) is 3.23. The zero-order valence-electron chi connectivity index (χ0n) is 23.5. The van der Waals surface area contributed by atoms with E-state index >= 15 is 0 Å². The van der Waals surface area contributed by atoms with Gasteiger partial charge in [0.15, 0.2) is 6.29 Å². The lowest BCUT2D eigenvalue weighted by Crippen LogP contribution is -2.58. The fourth-order valence-electron chi connectivity index (χ4n) is 4.74. The highest BCUT2D eigenvalue weighted by atomic mass is 32.2. The van der Waals surface area contributed by atoms with Crippen molar-refractivity contribution in [3.63, 3.8) is 0 Å². The van der Waals surface area contributed by atoms with Gasteiger partial charge in [0.05, 0.1) is 17.6 Å². The molecule has 1 fully saturated rings. The highest BCUT2D eigenvalue weighted by molar-refractivity contribution is 8.04. The van der Waals surface area contributed by atoms with Crippen molar-refractivity contribution in [3.8, 4) is 0 Å². The van der Waals surface area contributed by atoms with Crippen molar-refractivity contribution in [2.75, 3.05) is 38.8 Å². The van der Waals surface area contributed by atoms with E-state index in [4.69, 9.17) is 23.7 Å². The van der Waals surface area contributed by atoms with Gasteiger partial charge in [0, 0.05) is 44.0 Å². The van der Waals surface area contributed by atoms with Crippen LogP contribution in [0, 0.1) is 11.8 Å². The third kappa shape index (κ3) is 9.94. The first-order valence-electron chi connectivity index (χ1n) is 14.5. The lowest BCUT2D eigenvalue weighted by Gasteiger charge is -2.46. The normalized spacial score (nSPS) is 28.6. The number of allylic oxidation sites excluding steroid dienone is 2. The van der Waals surface area contributed by atoms with E-state index in [1.165, 1.54) is 0 Å². The Morgan fingerprint density at radius 3 is 1.94 bits per heavy atom. The number of hydrogen-bond donors (Lipinski definition) is 0. The fourth-order valence-corrected chi connectivity index (χ4v) is 5.78. The topological polar surface area (TPSA) is 63.2 Å². The molecule has 1 saturated carbocycles. The van der Waals surface area contributed by atoms with Gasteiger partial charge in [0.1, 0.15) is 24.1 Å². The summed E-state index contributed by atoms with van der Waals surface area (Å²) in [6.45, 7) is 14.3. The summed E-state index contributed by atoms with van der Waals surface area (Å²) >= 11 is 1.59. The standard InChI is InChI=1S/C29H52O6S/c1-6-10-14-31-20-23-18-24(35-26-22(5)21-36-25(26)19-30)28(33-16-12-8-3)29(34-17-13-9-4)27(23)32-15-11-7-2/h19,22-24,27-29H,6-18,20-21H2,1-5H3/t22?,23-,24-,27-,28+,29+/m1/s1. The number of ether oxygens (including phenoxy) is 5. The van der Waals surface area contributed by atoms with E-state index in [0.717, 1.165) is 87.1 Å². The van der Waals surface area contributed by atoms with E-state index in [1.54, 1.807) is 11.8 Å². The first-order chi connectivity index (χ1) is 17.6. The Bertz CT molecular complexity index is 627. The van der Waals surface area contributed by atoms with E-state index in [9.17, 15) is 4.79 Å². The molecule has 2 rings (SSSR count). The molecule has 0 N–H and O–H groups in total. The number of carbonyl (C=O) groups is 1. The van der Waals surface area contributed by atoms with Gasteiger partial charge < -0.3 is 23.7 Å². The highest BCUT2D eigenvalue weighted by Crippen LogP contribution is 2.40. The third-order valence-corrected chi connectivity index (χ3v) is 8.25. The number of hydrogen-bond acceptors (Lipinski definition) is 7. The van der Waals surface area contributed by atoms with E-state index in [-0.39, 0.29) is 36.3 Å². The lowest BCUT2D eigenvalue weighted by atomic mass is 9.80. The number of carbonyl (C=O) groups excluding carboxylic acids is 1. The molecule has 0 aromatic rings. The van der Waals surface area contributed by atoms with Crippen molar-refractivity contribution in [1.82, 2.24) is 0 Å². The van der Waals surface area contributed by atoms with Gasteiger partial charge in [-0.25, -0.2) is 0 Å². The Hall–Kier alpha value is -0.600. The second-order valence-corrected chi connectivity index (χ2v) is 11.3. The lowest BCUT2D eigenvalue weighted by molar-refractivity contribution is -0.220. The molecule has 0 amide bonds. The minimum absolute atomic E-state index is 0.101. The van der Waals surface area contributed by atoms with Crippen molar-refractivity contribution in [3.05, 3.63) is 10.7 Å². The van der Waals surface area contributed by atoms with Gasteiger partial charge >= 0.3 is 0 Å². The van der Waals surface area contributed by atoms with Crippen molar-refractivity contribution < 1.29 is 28.5 Å². The van der Waals surface area contributed by atoms with Crippen LogP contribution in [0.15, 0.2) is 10.7 Å². The van der Waals surface area contributed by atoms with Gasteiger partial charge in [-0.3, -0.25) is 4.79 Å². The quantitative estimate of drug-likeness (QED) is 0.131. The molecule has 0 aromatic carbocycles. The van der Waals surface area contributed by atoms with Crippen LogP contribution in [0.4, 0.5) is 0 Å². The summed E-state index contributed by atoms with van der Waals surface area (Å²) in [5, 5.41) is 0. The summed E-state index contributed by atoms with van der Waals surface area (Å²) in [5.74, 6) is 2.04. The number of aldehydes is 1. The average molecular weight is 529 g/mol. The van der Waals surface area contributed by atoms with Crippen LogP contribution in [0.25, 0.3) is 0 Å². The Morgan fingerprint density at radius 2 is 1.36 bits per heavy atom. The zero-order valence-corrected chi connectivity index (χ0v) is 24.3. The molecule has 0 aromatic heterocycles. The largest absolute Gasteiger partial charge is 0.490 e. The first-order valence-corrected chi connectivity index (χ1v) is 15.5. The Morgan fingerprint density at radius 1 is 0.806 bits per heavy atom. The minimum Gasteiger partial charge on any atom is -0.490 e. The van der Waals surface area contributed by atoms with Crippen LogP contribution in [0.3, 0.4) is 0 Å². The van der Waals surface area contributed by atoms with Gasteiger partial charge in [0.2, 0.25) is 0 Å². The molecular formula is C29H52O6S. The molecule has 36 heavy (non-hydrogen) atoms. The molecule has 0 saturated heterocycles. The smallest absolute Gasteiger partial charge is 0.159 e. The molecule has 0 radical (unpaired) electrons.